The van der Waals surface area contributed by atoms with E-state index >= 15 is 0 Å². The number of rotatable bonds is 5. The van der Waals surface area contributed by atoms with E-state index in [0.29, 0.717) is 24.9 Å². The van der Waals surface area contributed by atoms with E-state index in [1.807, 2.05) is 0 Å². The summed E-state index contributed by atoms with van der Waals surface area (Å²) in [6.07, 6.45) is 5.94. The number of ether oxygens (including phenoxy) is 2. The lowest BCUT2D eigenvalue weighted by atomic mass is 9.92. The Labute approximate surface area is 162 Å². The summed E-state index contributed by atoms with van der Waals surface area (Å²) in [6.45, 7) is 3.66. The van der Waals surface area contributed by atoms with Crippen LogP contribution in [0.3, 0.4) is 0 Å². The van der Waals surface area contributed by atoms with E-state index in [1.165, 1.54) is 0 Å². The van der Waals surface area contributed by atoms with Crippen LogP contribution >= 0.6 is 11.3 Å². The summed E-state index contributed by atoms with van der Waals surface area (Å²) in [5.74, 6) is 0.201. The Morgan fingerprint density at radius 2 is 2.15 bits per heavy atom. The lowest BCUT2D eigenvalue weighted by Gasteiger charge is -2.34. The van der Waals surface area contributed by atoms with Crippen molar-refractivity contribution in [2.24, 2.45) is 5.73 Å². The van der Waals surface area contributed by atoms with Crippen LogP contribution in [0.1, 0.15) is 43.0 Å². The second-order valence-corrected chi connectivity index (χ2v) is 8.47. The zero-order chi connectivity index (χ0) is 19.0. The van der Waals surface area contributed by atoms with Crippen molar-refractivity contribution in [3.05, 3.63) is 16.8 Å². The SMILES string of the molecule is CCN(C)C1CCC(Oc2ncnc3sc4c(c23)C[C@H](C(N)=O)OC4)CC1. The first-order valence-corrected chi connectivity index (χ1v) is 10.4. The summed E-state index contributed by atoms with van der Waals surface area (Å²) < 4.78 is 11.9. The van der Waals surface area contributed by atoms with Crippen molar-refractivity contribution >= 4 is 27.5 Å². The summed E-state index contributed by atoms with van der Waals surface area (Å²) in [5.41, 5.74) is 6.50. The average Bonchev–Trinajstić information content (AvgIpc) is 3.06. The van der Waals surface area contributed by atoms with Crippen LogP contribution in [0.15, 0.2) is 6.33 Å². The van der Waals surface area contributed by atoms with Crippen LogP contribution in [0.25, 0.3) is 10.2 Å². The Morgan fingerprint density at radius 3 is 2.85 bits per heavy atom. The van der Waals surface area contributed by atoms with Gasteiger partial charge in [0.15, 0.2) is 0 Å². The van der Waals surface area contributed by atoms with Crippen molar-refractivity contribution in [2.75, 3.05) is 13.6 Å². The lowest BCUT2D eigenvalue weighted by Crippen LogP contribution is -2.37. The highest BCUT2D eigenvalue weighted by atomic mass is 32.1. The molecule has 1 saturated carbocycles. The molecule has 2 aliphatic rings. The van der Waals surface area contributed by atoms with Gasteiger partial charge >= 0.3 is 0 Å². The van der Waals surface area contributed by atoms with Gasteiger partial charge in [0.2, 0.25) is 11.8 Å². The van der Waals surface area contributed by atoms with E-state index in [4.69, 9.17) is 15.2 Å². The second kappa shape index (κ2) is 7.69. The van der Waals surface area contributed by atoms with Gasteiger partial charge in [-0.3, -0.25) is 4.79 Å². The first-order valence-electron chi connectivity index (χ1n) is 9.59. The molecule has 4 rings (SSSR count). The number of hydrogen-bond acceptors (Lipinski definition) is 7. The van der Waals surface area contributed by atoms with E-state index in [0.717, 1.165) is 52.9 Å². The van der Waals surface area contributed by atoms with Gasteiger partial charge in [0, 0.05) is 17.3 Å². The molecule has 27 heavy (non-hydrogen) atoms. The molecule has 1 fully saturated rings. The molecule has 0 saturated heterocycles. The molecule has 1 aliphatic carbocycles. The minimum absolute atomic E-state index is 0.173. The summed E-state index contributed by atoms with van der Waals surface area (Å²) >= 11 is 1.58. The molecule has 1 amide bonds. The number of aromatic nitrogens is 2. The minimum Gasteiger partial charge on any atom is -0.474 e. The van der Waals surface area contributed by atoms with Crippen molar-refractivity contribution in [3.8, 4) is 5.88 Å². The number of nitrogens with zero attached hydrogens (tertiary/aromatic N) is 3. The fraction of sp³-hybridized carbons (Fsp3) is 0.632. The topological polar surface area (TPSA) is 90.6 Å². The van der Waals surface area contributed by atoms with Gasteiger partial charge in [-0.2, -0.15) is 0 Å². The smallest absolute Gasteiger partial charge is 0.246 e. The monoisotopic (exact) mass is 390 g/mol. The van der Waals surface area contributed by atoms with Crippen LogP contribution in [0.5, 0.6) is 5.88 Å². The predicted molar refractivity (Wildman–Crippen MR) is 104 cm³/mol. The van der Waals surface area contributed by atoms with Gasteiger partial charge in [-0.1, -0.05) is 6.92 Å². The number of hydrogen-bond donors (Lipinski definition) is 1. The van der Waals surface area contributed by atoms with E-state index in [2.05, 4.69) is 28.8 Å². The van der Waals surface area contributed by atoms with Gasteiger partial charge in [0.05, 0.1) is 12.0 Å². The maximum absolute atomic E-state index is 11.6. The summed E-state index contributed by atoms with van der Waals surface area (Å²) in [5, 5.41) is 0.930. The van der Waals surface area contributed by atoms with E-state index < -0.39 is 12.0 Å². The van der Waals surface area contributed by atoms with Crippen molar-refractivity contribution < 1.29 is 14.3 Å². The van der Waals surface area contributed by atoms with Crippen LogP contribution in [0, 0.1) is 0 Å². The summed E-state index contributed by atoms with van der Waals surface area (Å²) in [6, 6.07) is 0.641. The normalized spacial score (nSPS) is 25.5. The van der Waals surface area contributed by atoms with Crippen LogP contribution in [-0.2, 0) is 22.6 Å². The largest absolute Gasteiger partial charge is 0.474 e. The number of nitrogens with two attached hydrogens (primary N) is 1. The Bertz CT molecular complexity index is 832. The molecule has 1 aliphatic heterocycles. The molecule has 1 atom stereocenters. The van der Waals surface area contributed by atoms with Gasteiger partial charge in [-0.15, -0.1) is 11.3 Å². The van der Waals surface area contributed by atoms with Crippen molar-refractivity contribution in [3.63, 3.8) is 0 Å². The number of amides is 1. The molecular weight excluding hydrogens is 364 g/mol. The van der Waals surface area contributed by atoms with Crippen LogP contribution in [-0.4, -0.2) is 52.6 Å². The molecule has 2 aromatic heterocycles. The molecule has 146 valence electrons. The zero-order valence-corrected chi connectivity index (χ0v) is 16.6. The van der Waals surface area contributed by atoms with E-state index in [9.17, 15) is 4.79 Å². The number of carbonyl (C=O) groups is 1. The van der Waals surface area contributed by atoms with Crippen LogP contribution in [0.2, 0.25) is 0 Å². The molecule has 0 unspecified atom stereocenters. The fourth-order valence-corrected chi connectivity index (χ4v) is 5.13. The van der Waals surface area contributed by atoms with Crippen molar-refractivity contribution in [1.82, 2.24) is 14.9 Å². The van der Waals surface area contributed by atoms with E-state index in [-0.39, 0.29) is 6.10 Å². The summed E-state index contributed by atoms with van der Waals surface area (Å²) in [4.78, 5) is 24.8. The maximum Gasteiger partial charge on any atom is 0.246 e. The number of fused-ring (bicyclic) bond motifs is 3. The Kier molecular flexibility index (Phi) is 5.29. The molecule has 7 nitrogen and oxygen atoms in total. The molecule has 2 aromatic rings. The van der Waals surface area contributed by atoms with Crippen molar-refractivity contribution in [2.45, 2.75) is 63.9 Å². The average molecular weight is 391 g/mol. The highest BCUT2D eigenvalue weighted by Gasteiger charge is 2.30. The van der Waals surface area contributed by atoms with E-state index in [1.54, 1.807) is 17.7 Å². The highest BCUT2D eigenvalue weighted by molar-refractivity contribution is 7.18. The number of primary amides is 1. The third-order valence-corrected chi connectivity index (χ3v) is 6.92. The molecule has 2 N–H and O–H groups in total. The second-order valence-electron chi connectivity index (χ2n) is 7.39. The molecule has 8 heteroatoms. The first kappa shape index (κ1) is 18.6. The standard InChI is InChI=1S/C19H26N4O3S/c1-3-23(2)11-4-6-12(7-5-11)26-18-16-13-8-14(17(20)24)25-9-15(13)27-19(16)22-10-21-18/h10-12,14H,3-9H2,1-2H3,(H2,20,24)/t11?,12?,14-/m1/s1. The minimum atomic E-state index is -0.594. The van der Waals surface area contributed by atoms with Crippen molar-refractivity contribution in [1.29, 1.82) is 0 Å². The van der Waals surface area contributed by atoms with Crippen LogP contribution < -0.4 is 10.5 Å². The Hall–Kier alpha value is -1.77. The maximum atomic E-state index is 11.6. The fourth-order valence-electron chi connectivity index (χ4n) is 4.05. The molecule has 0 aromatic carbocycles. The molecule has 3 heterocycles. The number of carbonyl (C=O) groups excluding carboxylic acids is 1. The Morgan fingerprint density at radius 1 is 1.37 bits per heavy atom. The van der Waals surface area contributed by atoms with Gasteiger partial charge in [-0.05, 0) is 44.8 Å². The van der Waals surface area contributed by atoms with Gasteiger partial charge in [0.1, 0.15) is 23.4 Å². The number of thiophene rings is 1. The molecule has 0 spiro atoms. The van der Waals surface area contributed by atoms with Crippen LogP contribution in [0.4, 0.5) is 0 Å². The van der Waals surface area contributed by atoms with Gasteiger partial charge < -0.3 is 20.1 Å². The molecular formula is C19H26N4O3S. The Balaban J connectivity index is 1.55. The van der Waals surface area contributed by atoms with Gasteiger partial charge in [-0.25, -0.2) is 9.97 Å². The van der Waals surface area contributed by atoms with Gasteiger partial charge in [0.25, 0.3) is 0 Å². The lowest BCUT2D eigenvalue weighted by molar-refractivity contribution is -0.130. The quantitative estimate of drug-likeness (QED) is 0.842. The predicted octanol–water partition coefficient (Wildman–Crippen LogP) is 2.26. The summed E-state index contributed by atoms with van der Waals surface area (Å²) in [7, 11) is 2.19. The molecule has 0 radical (unpaired) electrons. The third kappa shape index (κ3) is 3.66. The molecule has 0 bridgehead atoms. The first-order chi connectivity index (χ1) is 13.1. The third-order valence-electron chi connectivity index (χ3n) is 5.80. The highest BCUT2D eigenvalue weighted by Crippen LogP contribution is 2.39. The zero-order valence-electron chi connectivity index (χ0n) is 15.8.